The molecular weight excluding hydrogens is 218 g/mol. The van der Waals surface area contributed by atoms with Crippen molar-refractivity contribution in [1.82, 2.24) is 5.32 Å². The van der Waals surface area contributed by atoms with Gasteiger partial charge < -0.3 is 5.32 Å². The molecule has 1 N–H and O–H groups in total. The molecule has 0 bridgehead atoms. The van der Waals surface area contributed by atoms with Gasteiger partial charge in [0, 0.05) is 6.04 Å². The van der Waals surface area contributed by atoms with Crippen LogP contribution in [-0.2, 0) is 5.41 Å². The molecule has 0 heterocycles. The monoisotopic (exact) mass is 245 g/mol. The molecule has 0 unspecified atom stereocenters. The van der Waals surface area contributed by atoms with Crippen LogP contribution >= 0.6 is 0 Å². The van der Waals surface area contributed by atoms with Gasteiger partial charge in [-0.25, -0.2) is 0 Å². The first-order chi connectivity index (χ1) is 8.40. The van der Waals surface area contributed by atoms with Gasteiger partial charge in [-0.2, -0.15) is 0 Å². The van der Waals surface area contributed by atoms with Gasteiger partial charge in [0.2, 0.25) is 0 Å². The summed E-state index contributed by atoms with van der Waals surface area (Å²) in [5.74, 6) is 0. The lowest BCUT2D eigenvalue weighted by Crippen LogP contribution is -2.27. The molecule has 18 heavy (non-hydrogen) atoms. The standard InChI is InChI=1S/C17H27N/c1-12-10-14(3)16(11-13(12)2)17(4,5)8-9-18-15-6-7-15/h10-11,15,18H,6-9H2,1-5H3. The first-order valence-electron chi connectivity index (χ1n) is 7.22. The zero-order valence-corrected chi connectivity index (χ0v) is 12.6. The third-order valence-corrected chi connectivity index (χ3v) is 4.33. The molecule has 1 saturated carbocycles. The van der Waals surface area contributed by atoms with Gasteiger partial charge in [0.15, 0.2) is 0 Å². The Labute approximate surface area is 112 Å². The molecular formula is C17H27N. The maximum absolute atomic E-state index is 3.63. The molecule has 0 atom stereocenters. The van der Waals surface area contributed by atoms with Crippen LogP contribution in [0.3, 0.4) is 0 Å². The van der Waals surface area contributed by atoms with Crippen LogP contribution in [-0.4, -0.2) is 12.6 Å². The van der Waals surface area contributed by atoms with Crippen molar-refractivity contribution in [2.75, 3.05) is 6.54 Å². The largest absolute Gasteiger partial charge is 0.314 e. The van der Waals surface area contributed by atoms with Crippen LogP contribution in [0.25, 0.3) is 0 Å². The second kappa shape index (κ2) is 5.05. The van der Waals surface area contributed by atoms with Crippen molar-refractivity contribution in [2.24, 2.45) is 0 Å². The van der Waals surface area contributed by atoms with Crippen molar-refractivity contribution < 1.29 is 0 Å². The van der Waals surface area contributed by atoms with Crippen molar-refractivity contribution in [1.29, 1.82) is 0 Å². The van der Waals surface area contributed by atoms with E-state index in [-0.39, 0.29) is 5.41 Å². The minimum Gasteiger partial charge on any atom is -0.314 e. The van der Waals surface area contributed by atoms with Gasteiger partial charge >= 0.3 is 0 Å². The van der Waals surface area contributed by atoms with Crippen LogP contribution in [0, 0.1) is 20.8 Å². The summed E-state index contributed by atoms with van der Waals surface area (Å²) in [7, 11) is 0. The Morgan fingerprint density at radius 2 is 1.67 bits per heavy atom. The van der Waals surface area contributed by atoms with Crippen molar-refractivity contribution in [2.45, 2.75) is 65.3 Å². The minimum atomic E-state index is 0.268. The highest BCUT2D eigenvalue weighted by atomic mass is 14.9. The Morgan fingerprint density at radius 3 is 2.28 bits per heavy atom. The molecule has 1 fully saturated rings. The summed E-state index contributed by atoms with van der Waals surface area (Å²) >= 11 is 0. The summed E-state index contributed by atoms with van der Waals surface area (Å²) in [4.78, 5) is 0. The number of rotatable bonds is 5. The molecule has 1 aromatic rings. The van der Waals surface area contributed by atoms with E-state index < -0.39 is 0 Å². The number of hydrogen-bond donors (Lipinski definition) is 1. The molecule has 0 amide bonds. The van der Waals surface area contributed by atoms with Gasteiger partial charge in [-0.05, 0) is 74.2 Å². The topological polar surface area (TPSA) is 12.0 Å². The highest BCUT2D eigenvalue weighted by Gasteiger charge is 2.25. The number of nitrogens with one attached hydrogen (secondary N) is 1. The summed E-state index contributed by atoms with van der Waals surface area (Å²) in [5, 5.41) is 3.63. The lowest BCUT2D eigenvalue weighted by atomic mass is 9.78. The van der Waals surface area contributed by atoms with E-state index in [1.807, 2.05) is 0 Å². The number of hydrogen-bond acceptors (Lipinski definition) is 1. The molecule has 1 aliphatic carbocycles. The van der Waals surface area contributed by atoms with Crippen molar-refractivity contribution in [3.05, 3.63) is 34.4 Å². The highest BCUT2D eigenvalue weighted by molar-refractivity contribution is 5.40. The fraction of sp³-hybridized carbons (Fsp3) is 0.647. The summed E-state index contributed by atoms with van der Waals surface area (Å²) in [5.41, 5.74) is 6.05. The van der Waals surface area contributed by atoms with Crippen LogP contribution in [0.5, 0.6) is 0 Å². The van der Waals surface area contributed by atoms with E-state index in [0.29, 0.717) is 0 Å². The summed E-state index contributed by atoms with van der Waals surface area (Å²) in [6.45, 7) is 12.6. The zero-order chi connectivity index (χ0) is 13.3. The van der Waals surface area contributed by atoms with Gasteiger partial charge in [-0.15, -0.1) is 0 Å². The molecule has 0 radical (unpaired) electrons. The molecule has 0 spiro atoms. The van der Waals surface area contributed by atoms with Crippen LogP contribution in [0.15, 0.2) is 12.1 Å². The predicted molar refractivity (Wildman–Crippen MR) is 79.3 cm³/mol. The lowest BCUT2D eigenvalue weighted by Gasteiger charge is -2.28. The molecule has 0 saturated heterocycles. The molecule has 0 aromatic heterocycles. The smallest absolute Gasteiger partial charge is 0.00682 e. The van der Waals surface area contributed by atoms with E-state index in [4.69, 9.17) is 0 Å². The Morgan fingerprint density at radius 1 is 1.06 bits per heavy atom. The lowest BCUT2D eigenvalue weighted by molar-refractivity contribution is 0.454. The Hall–Kier alpha value is -0.820. The average Bonchev–Trinajstić information content (AvgIpc) is 3.07. The summed E-state index contributed by atoms with van der Waals surface area (Å²) in [6, 6.07) is 5.55. The summed E-state index contributed by atoms with van der Waals surface area (Å²) < 4.78 is 0. The molecule has 0 aliphatic heterocycles. The van der Waals surface area contributed by atoms with E-state index in [1.54, 1.807) is 0 Å². The molecule has 100 valence electrons. The molecule has 1 nitrogen and oxygen atoms in total. The van der Waals surface area contributed by atoms with Crippen molar-refractivity contribution >= 4 is 0 Å². The van der Waals surface area contributed by atoms with Crippen LogP contribution < -0.4 is 5.32 Å². The van der Waals surface area contributed by atoms with E-state index in [2.05, 4.69) is 52.1 Å². The van der Waals surface area contributed by atoms with E-state index in [0.717, 1.165) is 12.6 Å². The SMILES string of the molecule is Cc1cc(C)c(C(C)(C)CCNC2CC2)cc1C. The number of aryl methyl sites for hydroxylation is 3. The van der Waals surface area contributed by atoms with Crippen LogP contribution in [0.4, 0.5) is 0 Å². The van der Waals surface area contributed by atoms with Gasteiger partial charge in [-0.1, -0.05) is 26.0 Å². The van der Waals surface area contributed by atoms with Gasteiger partial charge in [0.05, 0.1) is 0 Å². The molecule has 2 rings (SSSR count). The first kappa shape index (κ1) is 13.6. The van der Waals surface area contributed by atoms with Crippen molar-refractivity contribution in [3.8, 4) is 0 Å². The Kier molecular flexibility index (Phi) is 3.82. The second-order valence-electron chi connectivity index (χ2n) is 6.61. The molecule has 1 heteroatoms. The maximum atomic E-state index is 3.63. The predicted octanol–water partition coefficient (Wildman–Crippen LogP) is 4.03. The third kappa shape index (κ3) is 3.14. The summed E-state index contributed by atoms with van der Waals surface area (Å²) in [6.07, 6.45) is 3.97. The van der Waals surface area contributed by atoms with Crippen molar-refractivity contribution in [3.63, 3.8) is 0 Å². The highest BCUT2D eigenvalue weighted by Crippen LogP contribution is 2.31. The van der Waals surface area contributed by atoms with Crippen LogP contribution in [0.1, 0.15) is 55.4 Å². The molecule has 1 aromatic carbocycles. The normalized spacial score (nSPS) is 16.1. The number of benzene rings is 1. The van der Waals surface area contributed by atoms with Crippen LogP contribution in [0.2, 0.25) is 0 Å². The Bertz CT molecular complexity index is 427. The quantitative estimate of drug-likeness (QED) is 0.826. The van der Waals surface area contributed by atoms with E-state index in [9.17, 15) is 0 Å². The van der Waals surface area contributed by atoms with Gasteiger partial charge in [0.1, 0.15) is 0 Å². The maximum Gasteiger partial charge on any atom is 0.00682 e. The second-order valence-corrected chi connectivity index (χ2v) is 6.61. The first-order valence-corrected chi connectivity index (χ1v) is 7.22. The zero-order valence-electron chi connectivity index (χ0n) is 12.6. The fourth-order valence-electron chi connectivity index (χ4n) is 2.70. The molecule has 1 aliphatic rings. The average molecular weight is 245 g/mol. The third-order valence-electron chi connectivity index (χ3n) is 4.33. The minimum absolute atomic E-state index is 0.268. The van der Waals surface area contributed by atoms with E-state index >= 15 is 0 Å². The fourth-order valence-corrected chi connectivity index (χ4v) is 2.70. The van der Waals surface area contributed by atoms with Gasteiger partial charge in [0.25, 0.3) is 0 Å². The van der Waals surface area contributed by atoms with Gasteiger partial charge in [-0.3, -0.25) is 0 Å². The van der Waals surface area contributed by atoms with E-state index in [1.165, 1.54) is 41.5 Å². The Balaban J connectivity index is 2.09.